The second kappa shape index (κ2) is 39.9. The number of benzene rings is 9. The third-order valence-corrected chi connectivity index (χ3v) is 25.8. The SMILES string of the molecule is COc1ccc(Cl)c(-c2cc3nnc(Nc4ccc(S(=O)(=O)NCCN5CCCC5)cc4)nc3cc2C)c1.COc1ccc(Cl)c(B(O)O)c1.Cc1cc2nc(Nc3ccc(S(=O)(=O)NCCN4CCCC4)cc3)nnc2cc1-c1cc(O)ccc1Cl.Cc1cc2nc(Nc3ccc(S(=O)(=O)NCCN4CCCC4)cc3)nnc2cc1Br. The number of nitrogens with zero attached hydrogens (tertiary/aromatic N) is 12. The van der Waals surface area contributed by atoms with Crippen LogP contribution in [-0.4, -0.2) is 201 Å². The third kappa shape index (κ3) is 23.5. The molecule has 0 bridgehead atoms. The molecule has 3 aliphatic rings. The van der Waals surface area contributed by atoms with Crippen LogP contribution in [0.2, 0.25) is 15.1 Å². The fourth-order valence-electron chi connectivity index (χ4n) is 13.2. The number of halogens is 4. The Balaban J connectivity index is 0.000000151. The summed E-state index contributed by atoms with van der Waals surface area (Å²) in [6.45, 7) is 15.5. The average Bonchev–Trinajstić information content (AvgIpc) is 1.03. The molecule has 6 heterocycles. The number of nitrogens with one attached hydrogen (secondary N) is 6. The Morgan fingerprint density at radius 1 is 0.402 bits per heavy atom. The number of sulfonamides is 3. The lowest BCUT2D eigenvalue weighted by Gasteiger charge is -2.15. The number of aryl methyl sites for hydroxylation is 3. The highest BCUT2D eigenvalue weighted by Gasteiger charge is 2.23. The van der Waals surface area contributed by atoms with Gasteiger partial charge in [0.05, 0.1) is 45.5 Å². The van der Waals surface area contributed by atoms with Crippen molar-refractivity contribution in [1.29, 1.82) is 0 Å². The van der Waals surface area contributed by atoms with E-state index in [9.17, 15) is 30.4 Å². The molecule has 15 rings (SSSR count). The van der Waals surface area contributed by atoms with E-state index in [1.54, 1.807) is 110 Å². The van der Waals surface area contributed by atoms with Crippen LogP contribution in [0.1, 0.15) is 55.2 Å². The summed E-state index contributed by atoms with van der Waals surface area (Å²) in [5.74, 6) is 2.33. The normalized spacial score (nSPS) is 14.0. The molecule has 0 saturated carbocycles. The molecule has 0 radical (unpaired) electrons. The second-order valence-electron chi connectivity index (χ2n) is 27.9. The Morgan fingerprint density at radius 3 is 1.10 bits per heavy atom. The van der Waals surface area contributed by atoms with Crippen molar-refractivity contribution in [3.63, 3.8) is 0 Å². The average molecular weight is 1770 g/mol. The summed E-state index contributed by atoms with van der Waals surface area (Å²) < 4.78 is 94.7. The number of rotatable bonds is 26. The summed E-state index contributed by atoms with van der Waals surface area (Å²) in [6.07, 6.45) is 7.08. The third-order valence-electron chi connectivity index (χ3n) is 19.5. The maximum atomic E-state index is 12.6. The van der Waals surface area contributed by atoms with E-state index in [2.05, 4.69) is 106 Å². The van der Waals surface area contributed by atoms with Gasteiger partial charge in [-0.2, -0.15) is 0 Å². The Hall–Kier alpha value is -9.47. The van der Waals surface area contributed by atoms with E-state index in [4.69, 9.17) is 54.3 Å². The van der Waals surface area contributed by atoms with Gasteiger partial charge in [0.1, 0.15) is 33.8 Å². The van der Waals surface area contributed by atoms with Gasteiger partial charge in [0, 0.05) is 92.5 Å². The van der Waals surface area contributed by atoms with E-state index < -0.39 is 37.2 Å². The number of fused-ring (bicyclic) bond motifs is 3. The predicted octanol–water partition coefficient (Wildman–Crippen LogP) is 12.5. The lowest BCUT2D eigenvalue weighted by atomic mass is 9.80. The lowest BCUT2D eigenvalue weighted by Crippen LogP contribution is -2.33. The number of hydrogen-bond donors (Lipinski definition) is 9. The second-order valence-corrected chi connectivity index (χ2v) is 35.2. The van der Waals surface area contributed by atoms with E-state index in [1.807, 2.05) is 69.3 Å². The van der Waals surface area contributed by atoms with Crippen LogP contribution >= 0.6 is 50.7 Å². The number of hydrogen-bond acceptors (Lipinski definition) is 26. The molecular formula is C80H87BBrCl3N18O11S3. The minimum Gasteiger partial charge on any atom is -0.508 e. The summed E-state index contributed by atoms with van der Waals surface area (Å²) in [5, 5.41) is 63.5. The zero-order chi connectivity index (χ0) is 83.0. The van der Waals surface area contributed by atoms with Crippen molar-refractivity contribution < 1.29 is 49.9 Å². The van der Waals surface area contributed by atoms with Gasteiger partial charge >= 0.3 is 7.12 Å². The number of aromatic hydroxyl groups is 1. The van der Waals surface area contributed by atoms with Crippen molar-refractivity contribution in [2.24, 2.45) is 0 Å². The maximum absolute atomic E-state index is 12.6. The minimum absolute atomic E-state index is 0.124. The molecule has 3 aliphatic heterocycles. The molecule has 9 N–H and O–H groups in total. The number of phenolic OH excluding ortho intramolecular Hbond substituents is 1. The number of likely N-dealkylation sites (tertiary alicyclic amines) is 3. The summed E-state index contributed by atoms with van der Waals surface area (Å²) >= 11 is 21.9. The molecule has 3 saturated heterocycles. The van der Waals surface area contributed by atoms with E-state index in [0.29, 0.717) is 115 Å². The van der Waals surface area contributed by atoms with Crippen LogP contribution in [0.3, 0.4) is 0 Å². The highest BCUT2D eigenvalue weighted by atomic mass is 79.9. The molecule has 0 atom stereocenters. The van der Waals surface area contributed by atoms with Crippen LogP contribution in [0, 0.1) is 20.8 Å². The van der Waals surface area contributed by atoms with Crippen molar-refractivity contribution in [2.75, 3.05) is 109 Å². The number of aromatic nitrogens is 9. The molecule has 0 amide bonds. The van der Waals surface area contributed by atoms with Gasteiger partial charge in [0.15, 0.2) is 0 Å². The Bertz CT molecular complexity index is 5860. The van der Waals surface area contributed by atoms with Gasteiger partial charge in [0.25, 0.3) is 0 Å². The van der Waals surface area contributed by atoms with Crippen LogP contribution in [0.4, 0.5) is 34.9 Å². The molecule has 117 heavy (non-hydrogen) atoms. The predicted molar refractivity (Wildman–Crippen MR) is 463 cm³/mol. The van der Waals surface area contributed by atoms with Crippen LogP contribution in [0.5, 0.6) is 17.2 Å². The van der Waals surface area contributed by atoms with Crippen molar-refractivity contribution in [3.8, 4) is 39.5 Å². The van der Waals surface area contributed by atoms with E-state index in [-0.39, 0.29) is 31.8 Å². The number of ether oxygens (including phenoxy) is 2. The number of phenols is 1. The van der Waals surface area contributed by atoms with Gasteiger partial charge in [0.2, 0.25) is 47.9 Å². The zero-order valence-corrected chi connectivity index (χ0v) is 70.9. The van der Waals surface area contributed by atoms with Gasteiger partial charge in [-0.1, -0.05) is 50.7 Å². The van der Waals surface area contributed by atoms with Crippen LogP contribution in [-0.2, 0) is 30.1 Å². The van der Waals surface area contributed by atoms with Crippen molar-refractivity contribution >= 4 is 161 Å². The lowest BCUT2D eigenvalue weighted by molar-refractivity contribution is 0.344. The number of anilines is 6. The molecule has 12 aromatic rings. The van der Waals surface area contributed by atoms with Gasteiger partial charge in [-0.3, -0.25) is 0 Å². The van der Waals surface area contributed by atoms with Crippen molar-refractivity contribution in [2.45, 2.75) is 74.0 Å². The summed E-state index contributed by atoms with van der Waals surface area (Å²) in [4.78, 5) is 21.1. The Kier molecular flexibility index (Phi) is 29.6. The molecule has 0 aliphatic carbocycles. The zero-order valence-electron chi connectivity index (χ0n) is 64.6. The molecule has 3 fully saturated rings. The topological polar surface area (TPSA) is 379 Å². The monoisotopic (exact) mass is 1770 g/mol. The highest BCUT2D eigenvalue weighted by molar-refractivity contribution is 9.10. The summed E-state index contributed by atoms with van der Waals surface area (Å²) in [7, 11) is -9.14. The fourth-order valence-corrected chi connectivity index (χ4v) is 17.3. The summed E-state index contributed by atoms with van der Waals surface area (Å²) in [6, 6.07) is 45.8. The largest absolute Gasteiger partial charge is 0.508 e. The quantitative estimate of drug-likeness (QED) is 0.0227. The molecule has 612 valence electrons. The number of methoxy groups -OCH3 is 2. The highest BCUT2D eigenvalue weighted by Crippen LogP contribution is 2.38. The van der Waals surface area contributed by atoms with E-state index in [0.717, 1.165) is 95.7 Å². The summed E-state index contributed by atoms with van der Waals surface area (Å²) in [5.41, 5.74) is 12.4. The molecular weight excluding hydrogens is 1680 g/mol. The van der Waals surface area contributed by atoms with Gasteiger partial charge in [-0.25, -0.2) is 54.4 Å². The standard InChI is InChI=1S/C27H29ClN6O3S.C26H27ClN6O3S.C20H23BrN6O2S.C7H8BClO3/c1-18-15-25-26(17-22(18)23-16-20(37-2)7-10-24(23)28)32-33-27(31-25)30-19-5-8-21(9-6-19)38(35,36)29-11-14-34-12-3-4-13-34;1-17-14-24-25(16-21(17)22-15-19(34)6-9-23(22)27)31-32-26(30-24)29-18-4-7-20(8-5-18)37(35,36)28-10-13-33-11-2-3-12-33;1-14-12-18-19(13-17(14)21)25-26-20(24-18)23-15-4-6-16(7-5-15)30(28,29)22-8-11-27-9-2-3-10-27;1-12-5-2-3-7(9)6(4-5)8(10)11/h5-10,15-17,29H,3-4,11-14H2,1-2H3,(H,30,31,33);4-9,14-16,28,34H,2-3,10-13H2,1H3,(H,29,30,32);4-7,12-13,22H,2-3,8-11H2,1H3,(H,23,24,26);2-4,10-11H,1H3. The van der Waals surface area contributed by atoms with Crippen LogP contribution < -0.4 is 45.1 Å². The molecule has 9 aromatic carbocycles. The smallest absolute Gasteiger partial charge is 0.490 e. The fraction of sp³-hybridized carbons (Fsp3) is 0.287. The van der Waals surface area contributed by atoms with Gasteiger partial charge in [-0.15, -0.1) is 30.6 Å². The van der Waals surface area contributed by atoms with Gasteiger partial charge in [-0.05, 0) is 290 Å². The van der Waals surface area contributed by atoms with E-state index in [1.165, 1.54) is 57.8 Å². The van der Waals surface area contributed by atoms with Gasteiger partial charge < -0.3 is 55.3 Å². The first-order chi connectivity index (χ1) is 56.2. The maximum Gasteiger partial charge on any atom is 0.490 e. The first-order valence-corrected chi connectivity index (χ1v) is 43.9. The van der Waals surface area contributed by atoms with Crippen molar-refractivity contribution in [1.82, 2.24) is 74.4 Å². The first kappa shape index (κ1) is 86.9. The Labute approximate surface area is 702 Å². The Morgan fingerprint density at radius 2 is 0.735 bits per heavy atom. The molecule has 29 nitrogen and oxygen atoms in total. The van der Waals surface area contributed by atoms with Crippen LogP contribution in [0.25, 0.3) is 55.4 Å². The molecule has 0 unspecified atom stereocenters. The van der Waals surface area contributed by atoms with Crippen molar-refractivity contribution in [3.05, 3.63) is 200 Å². The molecule has 3 aromatic heterocycles. The minimum atomic E-state index is -3.58. The van der Waals surface area contributed by atoms with Crippen LogP contribution in [0.15, 0.2) is 183 Å². The molecule has 0 spiro atoms. The first-order valence-electron chi connectivity index (χ1n) is 37.6. The van der Waals surface area contributed by atoms with E-state index >= 15 is 0 Å². The molecule has 37 heteroatoms.